The molecule has 0 spiro atoms. The van der Waals surface area contributed by atoms with E-state index in [9.17, 15) is 9.59 Å². The van der Waals surface area contributed by atoms with E-state index in [0.717, 1.165) is 47.0 Å². The maximum absolute atomic E-state index is 12.0. The third kappa shape index (κ3) is 6.14. The molecule has 3 rings (SSSR count). The molecule has 0 radical (unpaired) electrons. The van der Waals surface area contributed by atoms with Crippen LogP contribution in [0.15, 0.2) is 54.6 Å². The highest BCUT2D eigenvalue weighted by Crippen LogP contribution is 2.28. The van der Waals surface area contributed by atoms with Crippen molar-refractivity contribution >= 4 is 22.8 Å². The van der Waals surface area contributed by atoms with Gasteiger partial charge in [-0.25, -0.2) is 4.79 Å². The molecule has 162 valence electrons. The lowest BCUT2D eigenvalue weighted by Gasteiger charge is -2.19. The normalized spacial score (nSPS) is 11.4. The molecule has 0 aliphatic rings. The summed E-state index contributed by atoms with van der Waals surface area (Å²) < 4.78 is 10.2. The number of rotatable bonds is 7. The minimum absolute atomic E-state index is 0.176. The van der Waals surface area contributed by atoms with E-state index in [4.69, 9.17) is 14.5 Å². The predicted molar refractivity (Wildman–Crippen MR) is 122 cm³/mol. The fraction of sp³-hybridized carbons (Fsp3) is 0.346. The average Bonchev–Trinajstić information content (AvgIpc) is 2.74. The van der Waals surface area contributed by atoms with Crippen molar-refractivity contribution in [3.8, 4) is 11.1 Å². The van der Waals surface area contributed by atoms with Crippen LogP contribution < -0.4 is 0 Å². The highest BCUT2D eigenvalue weighted by molar-refractivity contribution is 5.95. The number of methoxy groups -OCH3 is 1. The Morgan fingerprint density at radius 1 is 0.968 bits per heavy atom. The number of unbranched alkanes of at least 4 members (excludes halogenated alkanes) is 1. The van der Waals surface area contributed by atoms with E-state index >= 15 is 0 Å². The Labute approximate surface area is 183 Å². The average molecular weight is 420 g/mol. The van der Waals surface area contributed by atoms with Crippen molar-refractivity contribution in [2.75, 3.05) is 7.11 Å². The van der Waals surface area contributed by atoms with Gasteiger partial charge in [0.05, 0.1) is 18.2 Å². The van der Waals surface area contributed by atoms with Gasteiger partial charge in [-0.1, -0.05) is 36.4 Å². The highest BCUT2D eigenvalue weighted by atomic mass is 16.6. The Bertz CT molecular complexity index is 1070. The molecule has 5 nitrogen and oxygen atoms in total. The van der Waals surface area contributed by atoms with Gasteiger partial charge in [0, 0.05) is 23.1 Å². The third-order valence-corrected chi connectivity index (χ3v) is 4.87. The molecule has 0 fully saturated rings. The van der Waals surface area contributed by atoms with Crippen molar-refractivity contribution in [2.24, 2.45) is 0 Å². The van der Waals surface area contributed by atoms with E-state index in [-0.39, 0.29) is 11.9 Å². The molecule has 0 saturated heterocycles. The van der Waals surface area contributed by atoms with Crippen molar-refractivity contribution in [2.45, 2.75) is 52.1 Å². The first-order valence-electron chi connectivity index (χ1n) is 10.6. The van der Waals surface area contributed by atoms with Gasteiger partial charge in [-0.05, 0) is 63.8 Å². The number of aromatic nitrogens is 1. The van der Waals surface area contributed by atoms with E-state index in [1.54, 1.807) is 12.1 Å². The molecular weight excluding hydrogens is 390 g/mol. The van der Waals surface area contributed by atoms with E-state index in [0.29, 0.717) is 12.0 Å². The number of nitrogens with zero attached hydrogens (tertiary/aromatic N) is 1. The maximum Gasteiger partial charge on any atom is 0.337 e. The van der Waals surface area contributed by atoms with Crippen molar-refractivity contribution < 1.29 is 19.1 Å². The number of aryl methyl sites for hydroxylation is 1. The molecule has 0 saturated carbocycles. The van der Waals surface area contributed by atoms with Crippen molar-refractivity contribution in [3.63, 3.8) is 0 Å². The lowest BCUT2D eigenvalue weighted by Crippen LogP contribution is -2.23. The van der Waals surface area contributed by atoms with Crippen LogP contribution in [0.4, 0.5) is 0 Å². The van der Waals surface area contributed by atoms with Crippen LogP contribution >= 0.6 is 0 Å². The van der Waals surface area contributed by atoms with Crippen LogP contribution in [0.1, 0.15) is 56.1 Å². The van der Waals surface area contributed by atoms with Gasteiger partial charge in [0.1, 0.15) is 5.60 Å². The lowest BCUT2D eigenvalue weighted by atomic mass is 9.98. The smallest absolute Gasteiger partial charge is 0.337 e. The van der Waals surface area contributed by atoms with Gasteiger partial charge >= 0.3 is 11.9 Å². The summed E-state index contributed by atoms with van der Waals surface area (Å²) in [5.41, 5.74) is 3.88. The quantitative estimate of drug-likeness (QED) is 0.361. The standard InChI is InChI=1S/C26H29NO4/c1-26(2,3)31-24(28)13-9-8-12-22-21(18-10-6-5-7-11-18)16-19-14-15-20(25(29)30-4)17-23(19)27-22/h5-7,10-11,14-17H,8-9,12-13H2,1-4H3. The number of carbonyl (C=O) groups excluding carboxylic acids is 2. The first kappa shape index (κ1) is 22.5. The molecule has 1 heterocycles. The first-order valence-corrected chi connectivity index (χ1v) is 10.6. The number of carbonyl (C=O) groups is 2. The van der Waals surface area contributed by atoms with Gasteiger partial charge in [-0.15, -0.1) is 0 Å². The van der Waals surface area contributed by atoms with Crippen molar-refractivity contribution in [3.05, 3.63) is 65.9 Å². The van der Waals surface area contributed by atoms with Crippen LogP contribution in [0.3, 0.4) is 0 Å². The number of hydrogen-bond donors (Lipinski definition) is 0. The number of fused-ring (bicyclic) bond motifs is 1. The highest BCUT2D eigenvalue weighted by Gasteiger charge is 2.16. The number of ether oxygens (including phenoxy) is 2. The van der Waals surface area contributed by atoms with Crippen molar-refractivity contribution in [1.29, 1.82) is 0 Å². The van der Waals surface area contributed by atoms with Gasteiger partial charge in [-0.2, -0.15) is 0 Å². The Hall–Kier alpha value is -3.21. The summed E-state index contributed by atoms with van der Waals surface area (Å²) in [6, 6.07) is 17.7. The molecule has 31 heavy (non-hydrogen) atoms. The summed E-state index contributed by atoms with van der Waals surface area (Å²) in [6.07, 6.45) is 2.66. The molecule has 0 bridgehead atoms. The van der Waals surface area contributed by atoms with Crippen LogP contribution in [0.2, 0.25) is 0 Å². The third-order valence-electron chi connectivity index (χ3n) is 4.87. The summed E-state index contributed by atoms with van der Waals surface area (Å²) in [5, 5.41) is 0.962. The molecule has 2 aromatic carbocycles. The summed E-state index contributed by atoms with van der Waals surface area (Å²) in [4.78, 5) is 28.8. The van der Waals surface area contributed by atoms with Gasteiger partial charge < -0.3 is 9.47 Å². The topological polar surface area (TPSA) is 65.5 Å². The zero-order valence-electron chi connectivity index (χ0n) is 18.6. The van der Waals surface area contributed by atoms with E-state index in [2.05, 4.69) is 18.2 Å². The van der Waals surface area contributed by atoms with Crippen LogP contribution in [0, 0.1) is 0 Å². The largest absolute Gasteiger partial charge is 0.465 e. The predicted octanol–water partition coefficient (Wildman–Crippen LogP) is 5.74. The molecule has 0 aliphatic heterocycles. The Morgan fingerprint density at radius 3 is 2.39 bits per heavy atom. The van der Waals surface area contributed by atoms with Crippen molar-refractivity contribution in [1.82, 2.24) is 4.98 Å². The summed E-state index contributed by atoms with van der Waals surface area (Å²) >= 11 is 0. The second-order valence-corrected chi connectivity index (χ2v) is 8.54. The summed E-state index contributed by atoms with van der Waals surface area (Å²) in [7, 11) is 1.37. The molecule has 0 aliphatic carbocycles. The molecule has 3 aromatic rings. The SMILES string of the molecule is COC(=O)c1ccc2cc(-c3ccccc3)c(CCCCC(=O)OC(C)(C)C)nc2c1. The van der Waals surface area contributed by atoms with Crippen LogP contribution in [-0.4, -0.2) is 29.6 Å². The lowest BCUT2D eigenvalue weighted by molar-refractivity contribution is -0.154. The Kier molecular flexibility index (Phi) is 7.06. The fourth-order valence-corrected chi connectivity index (χ4v) is 3.46. The van der Waals surface area contributed by atoms with E-state index in [1.807, 2.05) is 45.0 Å². The Morgan fingerprint density at radius 2 is 1.71 bits per heavy atom. The van der Waals surface area contributed by atoms with Gasteiger partial charge in [0.15, 0.2) is 0 Å². The summed E-state index contributed by atoms with van der Waals surface area (Å²) in [5.74, 6) is -0.556. The number of hydrogen-bond acceptors (Lipinski definition) is 5. The maximum atomic E-state index is 12.0. The second kappa shape index (κ2) is 9.73. The minimum atomic E-state index is -0.463. The van der Waals surface area contributed by atoms with E-state index in [1.165, 1.54) is 7.11 Å². The molecule has 0 atom stereocenters. The van der Waals surface area contributed by atoms with Gasteiger partial charge in [0.2, 0.25) is 0 Å². The molecule has 0 N–H and O–H groups in total. The van der Waals surface area contributed by atoms with Gasteiger partial charge in [-0.3, -0.25) is 9.78 Å². The fourth-order valence-electron chi connectivity index (χ4n) is 3.46. The Balaban J connectivity index is 1.84. The minimum Gasteiger partial charge on any atom is -0.465 e. The molecule has 0 unspecified atom stereocenters. The van der Waals surface area contributed by atoms with Crippen LogP contribution in [0.25, 0.3) is 22.0 Å². The van der Waals surface area contributed by atoms with E-state index < -0.39 is 5.60 Å². The summed E-state index contributed by atoms with van der Waals surface area (Å²) in [6.45, 7) is 5.62. The first-order chi connectivity index (χ1) is 14.8. The number of esters is 2. The monoisotopic (exact) mass is 419 g/mol. The molecule has 5 heteroatoms. The second-order valence-electron chi connectivity index (χ2n) is 8.54. The van der Waals surface area contributed by atoms with Gasteiger partial charge in [0.25, 0.3) is 0 Å². The molecule has 0 amide bonds. The number of pyridine rings is 1. The zero-order valence-corrected chi connectivity index (χ0v) is 18.6. The number of benzene rings is 2. The van der Waals surface area contributed by atoms with Crippen LogP contribution in [-0.2, 0) is 20.7 Å². The zero-order chi connectivity index (χ0) is 22.4. The molecule has 1 aromatic heterocycles. The van der Waals surface area contributed by atoms with Crippen LogP contribution in [0.5, 0.6) is 0 Å². The molecular formula is C26H29NO4.